The first kappa shape index (κ1) is 36.8. The largest absolute Gasteiger partial charge is 0.493 e. The van der Waals surface area contributed by atoms with Crippen LogP contribution in [0.15, 0.2) is 72.8 Å². The molecule has 2 heteroatoms. The SMILES string of the molecule is CCCCCCOc1ccc(C2(c3ccc(OCCCCCC)c(CCCC)c3)c3cc(C)ccc3-c3ccc(C)cc32)cc1CCCC. The van der Waals surface area contributed by atoms with Crippen molar-refractivity contribution in [2.45, 2.75) is 137 Å². The monoisotopic (exact) mass is 658 g/mol. The molecule has 0 bridgehead atoms. The van der Waals surface area contributed by atoms with Crippen LogP contribution in [0.25, 0.3) is 11.1 Å². The van der Waals surface area contributed by atoms with Crippen molar-refractivity contribution >= 4 is 0 Å². The molecule has 0 unspecified atom stereocenters. The van der Waals surface area contributed by atoms with E-state index in [1.165, 1.54) is 94.2 Å². The molecule has 4 aromatic carbocycles. The first-order valence-electron chi connectivity index (χ1n) is 19.7. The van der Waals surface area contributed by atoms with E-state index in [-0.39, 0.29) is 0 Å². The van der Waals surface area contributed by atoms with Crippen molar-refractivity contribution in [2.75, 3.05) is 13.2 Å². The van der Waals surface area contributed by atoms with Crippen LogP contribution in [0.4, 0.5) is 0 Å². The molecule has 0 radical (unpaired) electrons. The van der Waals surface area contributed by atoms with Crippen LogP contribution in [0.2, 0.25) is 0 Å². The van der Waals surface area contributed by atoms with Crippen molar-refractivity contribution in [3.05, 3.63) is 117 Å². The van der Waals surface area contributed by atoms with Crippen molar-refractivity contribution in [3.8, 4) is 22.6 Å². The number of hydrogen-bond acceptors (Lipinski definition) is 2. The number of rotatable bonds is 20. The maximum absolute atomic E-state index is 6.54. The van der Waals surface area contributed by atoms with Gasteiger partial charge in [-0.2, -0.15) is 0 Å². The summed E-state index contributed by atoms with van der Waals surface area (Å²) >= 11 is 0. The molecule has 0 N–H and O–H groups in total. The summed E-state index contributed by atoms with van der Waals surface area (Å²) in [6.45, 7) is 15.2. The third-order valence-electron chi connectivity index (χ3n) is 10.5. The zero-order valence-electron chi connectivity index (χ0n) is 31.6. The van der Waals surface area contributed by atoms with Crippen LogP contribution in [0.3, 0.4) is 0 Å². The lowest BCUT2D eigenvalue weighted by molar-refractivity contribution is 0.301. The van der Waals surface area contributed by atoms with Crippen LogP contribution in [-0.2, 0) is 18.3 Å². The average molecular weight is 659 g/mol. The van der Waals surface area contributed by atoms with Crippen molar-refractivity contribution < 1.29 is 9.47 Å². The summed E-state index contributed by atoms with van der Waals surface area (Å²) in [4.78, 5) is 0. The highest BCUT2D eigenvalue weighted by Crippen LogP contribution is 2.57. The Labute approximate surface area is 298 Å². The van der Waals surface area contributed by atoms with Gasteiger partial charge in [0.05, 0.1) is 18.6 Å². The molecule has 4 aromatic rings. The van der Waals surface area contributed by atoms with Gasteiger partial charge in [-0.05, 0) is 109 Å². The van der Waals surface area contributed by atoms with Gasteiger partial charge >= 0.3 is 0 Å². The normalized spacial score (nSPS) is 12.9. The van der Waals surface area contributed by atoms with Crippen molar-refractivity contribution in [1.82, 2.24) is 0 Å². The van der Waals surface area contributed by atoms with Gasteiger partial charge in [-0.15, -0.1) is 0 Å². The summed E-state index contributed by atoms with van der Waals surface area (Å²) in [5, 5.41) is 0. The summed E-state index contributed by atoms with van der Waals surface area (Å²) in [5.74, 6) is 2.12. The second kappa shape index (κ2) is 17.9. The lowest BCUT2D eigenvalue weighted by atomic mass is 9.66. The Bertz CT molecular complexity index is 1520. The first-order valence-corrected chi connectivity index (χ1v) is 19.7. The van der Waals surface area contributed by atoms with E-state index in [0.29, 0.717) is 0 Å². The molecule has 0 aliphatic heterocycles. The molecule has 1 aliphatic carbocycles. The molecule has 49 heavy (non-hydrogen) atoms. The van der Waals surface area contributed by atoms with Crippen LogP contribution in [0.1, 0.15) is 149 Å². The predicted molar refractivity (Wildman–Crippen MR) is 210 cm³/mol. The number of unbranched alkanes of at least 4 members (excludes halogenated alkanes) is 8. The molecular weight excluding hydrogens is 597 g/mol. The molecular formula is C47H62O2. The van der Waals surface area contributed by atoms with Gasteiger partial charge in [-0.25, -0.2) is 0 Å². The Balaban J connectivity index is 1.70. The fourth-order valence-electron chi connectivity index (χ4n) is 7.79. The smallest absolute Gasteiger partial charge is 0.122 e. The molecule has 5 rings (SSSR count). The van der Waals surface area contributed by atoms with Gasteiger partial charge < -0.3 is 9.47 Å². The van der Waals surface area contributed by atoms with Crippen molar-refractivity contribution in [1.29, 1.82) is 0 Å². The molecule has 262 valence electrons. The molecule has 0 spiro atoms. The van der Waals surface area contributed by atoms with Crippen LogP contribution >= 0.6 is 0 Å². The molecule has 0 saturated carbocycles. The third-order valence-corrected chi connectivity index (χ3v) is 10.5. The van der Waals surface area contributed by atoms with Crippen molar-refractivity contribution in [2.24, 2.45) is 0 Å². The van der Waals surface area contributed by atoms with Gasteiger partial charge in [0, 0.05) is 0 Å². The highest BCUT2D eigenvalue weighted by atomic mass is 16.5. The zero-order chi connectivity index (χ0) is 34.6. The van der Waals surface area contributed by atoms with Gasteiger partial charge in [-0.3, -0.25) is 0 Å². The van der Waals surface area contributed by atoms with Crippen LogP contribution in [0, 0.1) is 13.8 Å². The highest BCUT2D eigenvalue weighted by molar-refractivity contribution is 5.87. The molecule has 2 nitrogen and oxygen atoms in total. The van der Waals surface area contributed by atoms with Gasteiger partial charge in [0.25, 0.3) is 0 Å². The number of fused-ring (bicyclic) bond motifs is 3. The van der Waals surface area contributed by atoms with Crippen LogP contribution in [0.5, 0.6) is 11.5 Å². The topological polar surface area (TPSA) is 18.5 Å². The van der Waals surface area contributed by atoms with Gasteiger partial charge in [-0.1, -0.05) is 151 Å². The Kier molecular flexibility index (Phi) is 13.4. The Morgan fingerprint density at radius 2 is 0.878 bits per heavy atom. The second-order valence-corrected chi connectivity index (χ2v) is 14.5. The average Bonchev–Trinajstić information content (AvgIpc) is 3.39. The fraction of sp³-hybridized carbons (Fsp3) is 0.489. The summed E-state index contributed by atoms with van der Waals surface area (Å²) in [5.41, 5.74) is 13.0. The van der Waals surface area contributed by atoms with E-state index in [9.17, 15) is 0 Å². The van der Waals surface area contributed by atoms with E-state index in [0.717, 1.165) is 76.1 Å². The fourth-order valence-corrected chi connectivity index (χ4v) is 7.79. The Hall–Kier alpha value is -3.52. The minimum absolute atomic E-state index is 0.441. The van der Waals surface area contributed by atoms with E-state index in [4.69, 9.17) is 9.47 Å². The predicted octanol–water partition coefficient (Wildman–Crippen LogP) is 13.3. The summed E-state index contributed by atoms with van der Waals surface area (Å²) < 4.78 is 13.1. The first-order chi connectivity index (χ1) is 24.0. The van der Waals surface area contributed by atoms with Gasteiger partial charge in [0.2, 0.25) is 0 Å². The molecule has 0 saturated heterocycles. The number of hydrogen-bond donors (Lipinski definition) is 0. The van der Waals surface area contributed by atoms with E-state index < -0.39 is 5.41 Å². The van der Waals surface area contributed by atoms with Gasteiger partial charge in [0.15, 0.2) is 0 Å². The lowest BCUT2D eigenvalue weighted by Crippen LogP contribution is -2.29. The van der Waals surface area contributed by atoms with E-state index >= 15 is 0 Å². The third kappa shape index (κ3) is 8.28. The molecule has 1 aliphatic rings. The minimum atomic E-state index is -0.441. The quantitative estimate of drug-likeness (QED) is 0.0775. The van der Waals surface area contributed by atoms with Crippen LogP contribution < -0.4 is 9.47 Å². The van der Waals surface area contributed by atoms with E-state index in [2.05, 4.69) is 114 Å². The van der Waals surface area contributed by atoms with Gasteiger partial charge in [0.1, 0.15) is 11.5 Å². The Morgan fingerprint density at radius 1 is 0.449 bits per heavy atom. The second-order valence-electron chi connectivity index (χ2n) is 14.5. The standard InChI is InChI=1S/C47H62O2/c1-7-11-15-17-29-48-45-27-23-39(33-37(45)19-13-9-3)47(43-31-35(5)21-25-41(43)42-26-22-36(6)32-44(42)47)40-24-28-46(38(34-40)20-14-10-4)49-30-18-16-12-8-2/h21-28,31-34H,7-20,29-30H2,1-6H3. The summed E-state index contributed by atoms with van der Waals surface area (Å²) in [7, 11) is 0. The zero-order valence-corrected chi connectivity index (χ0v) is 31.6. The molecule has 0 fully saturated rings. The molecule has 0 heterocycles. The van der Waals surface area contributed by atoms with E-state index in [1.54, 1.807) is 0 Å². The maximum atomic E-state index is 6.54. The number of aryl methyl sites for hydroxylation is 4. The molecule has 0 amide bonds. The Morgan fingerprint density at radius 3 is 1.29 bits per heavy atom. The number of benzene rings is 4. The van der Waals surface area contributed by atoms with Crippen LogP contribution in [-0.4, -0.2) is 13.2 Å². The summed E-state index contributed by atoms with van der Waals surface area (Å²) in [6, 6.07) is 28.5. The molecule has 0 atom stereocenters. The van der Waals surface area contributed by atoms with E-state index in [1.807, 2.05) is 0 Å². The number of ether oxygens (including phenoxy) is 2. The van der Waals surface area contributed by atoms with Crippen molar-refractivity contribution in [3.63, 3.8) is 0 Å². The maximum Gasteiger partial charge on any atom is 0.122 e. The molecule has 0 aromatic heterocycles. The lowest BCUT2D eigenvalue weighted by Gasteiger charge is -2.35. The minimum Gasteiger partial charge on any atom is -0.493 e. The summed E-state index contributed by atoms with van der Waals surface area (Å²) in [6.07, 6.45) is 16.4. The highest BCUT2D eigenvalue weighted by Gasteiger charge is 2.46.